The van der Waals surface area contributed by atoms with Gasteiger partial charge in [-0.2, -0.15) is 4.31 Å². The SMILES string of the molecule is CN1CC(=O)N2CCN(S(=O)(=O)C=Cc3ccccc3)CC2C1=O. The van der Waals surface area contributed by atoms with Crippen LogP contribution in [0.5, 0.6) is 0 Å². The van der Waals surface area contributed by atoms with E-state index in [9.17, 15) is 18.0 Å². The highest BCUT2D eigenvalue weighted by Gasteiger charge is 2.43. The number of hydrogen-bond acceptors (Lipinski definition) is 4. The van der Waals surface area contributed by atoms with E-state index in [4.69, 9.17) is 0 Å². The summed E-state index contributed by atoms with van der Waals surface area (Å²) in [5, 5.41) is 1.15. The molecule has 2 fully saturated rings. The standard InChI is InChI=1S/C16H19N3O4S/c1-17-12-15(20)19-9-8-18(11-14(19)16(17)21)24(22,23)10-7-13-5-3-2-4-6-13/h2-7,10,14H,8-9,11-12H2,1H3. The minimum Gasteiger partial charge on any atom is -0.335 e. The van der Waals surface area contributed by atoms with Gasteiger partial charge in [-0.1, -0.05) is 30.3 Å². The highest BCUT2D eigenvalue weighted by molar-refractivity contribution is 7.92. The third kappa shape index (κ3) is 3.20. The molecule has 24 heavy (non-hydrogen) atoms. The summed E-state index contributed by atoms with van der Waals surface area (Å²) in [5.74, 6) is -0.361. The Balaban J connectivity index is 1.77. The van der Waals surface area contributed by atoms with E-state index < -0.39 is 16.1 Å². The molecule has 1 aromatic rings. The summed E-state index contributed by atoms with van der Waals surface area (Å²) >= 11 is 0. The highest BCUT2D eigenvalue weighted by atomic mass is 32.2. The summed E-state index contributed by atoms with van der Waals surface area (Å²) in [6.07, 6.45) is 1.53. The van der Waals surface area contributed by atoms with Gasteiger partial charge in [0.25, 0.3) is 0 Å². The molecule has 0 radical (unpaired) electrons. The molecule has 0 aromatic heterocycles. The molecule has 2 amide bonds. The summed E-state index contributed by atoms with van der Waals surface area (Å²) < 4.78 is 26.3. The van der Waals surface area contributed by atoms with Gasteiger partial charge in [-0.3, -0.25) is 9.59 Å². The Morgan fingerprint density at radius 1 is 1.12 bits per heavy atom. The van der Waals surface area contributed by atoms with Gasteiger partial charge in [0, 0.05) is 32.1 Å². The van der Waals surface area contributed by atoms with Gasteiger partial charge in [0.1, 0.15) is 6.04 Å². The number of amides is 2. The van der Waals surface area contributed by atoms with E-state index in [1.807, 2.05) is 30.3 Å². The van der Waals surface area contributed by atoms with Crippen LogP contribution < -0.4 is 0 Å². The maximum Gasteiger partial charge on any atom is 0.246 e. The average molecular weight is 349 g/mol. The Hall–Kier alpha value is -2.19. The molecule has 8 heteroatoms. The van der Waals surface area contributed by atoms with Crippen LogP contribution in [0.4, 0.5) is 0 Å². The molecule has 0 aliphatic carbocycles. The lowest BCUT2D eigenvalue weighted by molar-refractivity contribution is -0.156. The smallest absolute Gasteiger partial charge is 0.246 e. The molecule has 1 atom stereocenters. The fourth-order valence-corrected chi connectivity index (χ4v) is 4.13. The van der Waals surface area contributed by atoms with E-state index in [0.29, 0.717) is 0 Å². The lowest BCUT2D eigenvalue weighted by atomic mass is 10.1. The Morgan fingerprint density at radius 3 is 2.54 bits per heavy atom. The molecule has 1 aromatic carbocycles. The molecule has 0 saturated carbocycles. The number of nitrogens with zero attached hydrogens (tertiary/aromatic N) is 3. The summed E-state index contributed by atoms with van der Waals surface area (Å²) in [5.41, 5.74) is 0.781. The van der Waals surface area contributed by atoms with Crippen LogP contribution in [0.2, 0.25) is 0 Å². The van der Waals surface area contributed by atoms with Crippen molar-refractivity contribution >= 4 is 27.9 Å². The molecule has 2 aliphatic rings. The lowest BCUT2D eigenvalue weighted by Gasteiger charge is -2.44. The van der Waals surface area contributed by atoms with Crippen LogP contribution in [0, 0.1) is 0 Å². The minimum absolute atomic E-state index is 0.00359. The van der Waals surface area contributed by atoms with Gasteiger partial charge in [0.05, 0.1) is 6.54 Å². The van der Waals surface area contributed by atoms with E-state index in [-0.39, 0.29) is 38.0 Å². The first-order valence-corrected chi connectivity index (χ1v) is 9.16. The number of likely N-dealkylation sites (N-methyl/N-ethyl adjacent to an activating group) is 1. The van der Waals surface area contributed by atoms with E-state index >= 15 is 0 Å². The van der Waals surface area contributed by atoms with Crippen molar-refractivity contribution in [2.24, 2.45) is 0 Å². The summed E-state index contributed by atoms with van der Waals surface area (Å²) in [7, 11) is -2.09. The van der Waals surface area contributed by atoms with Crippen LogP contribution >= 0.6 is 0 Å². The molecule has 7 nitrogen and oxygen atoms in total. The van der Waals surface area contributed by atoms with Gasteiger partial charge in [-0.05, 0) is 11.6 Å². The number of sulfonamides is 1. The summed E-state index contributed by atoms with van der Waals surface area (Å²) in [4.78, 5) is 27.1. The predicted molar refractivity (Wildman–Crippen MR) is 89.1 cm³/mol. The number of piperazine rings is 2. The molecule has 0 N–H and O–H groups in total. The highest BCUT2D eigenvalue weighted by Crippen LogP contribution is 2.20. The molecule has 2 saturated heterocycles. The first kappa shape index (κ1) is 16.7. The number of benzene rings is 1. The zero-order chi connectivity index (χ0) is 17.3. The normalized spacial score (nSPS) is 23.0. The maximum absolute atomic E-state index is 12.5. The van der Waals surface area contributed by atoms with Crippen LogP contribution in [-0.2, 0) is 19.6 Å². The number of fused-ring (bicyclic) bond motifs is 1. The fourth-order valence-electron chi connectivity index (χ4n) is 2.94. The third-order valence-corrected chi connectivity index (χ3v) is 5.82. The Kier molecular flexibility index (Phi) is 4.42. The zero-order valence-corrected chi connectivity index (χ0v) is 14.1. The summed E-state index contributed by atoms with van der Waals surface area (Å²) in [6.45, 7) is 0.481. The van der Waals surface area contributed by atoms with E-state index in [2.05, 4.69) is 0 Å². The van der Waals surface area contributed by atoms with Gasteiger partial charge >= 0.3 is 0 Å². The molecular weight excluding hydrogens is 330 g/mol. The number of rotatable bonds is 3. The van der Waals surface area contributed by atoms with Crippen LogP contribution in [-0.4, -0.2) is 73.6 Å². The number of hydrogen-bond donors (Lipinski definition) is 0. The van der Waals surface area contributed by atoms with Crippen molar-refractivity contribution in [3.05, 3.63) is 41.3 Å². The van der Waals surface area contributed by atoms with Gasteiger partial charge in [-0.15, -0.1) is 0 Å². The van der Waals surface area contributed by atoms with Gasteiger partial charge in [-0.25, -0.2) is 8.42 Å². The second-order valence-electron chi connectivity index (χ2n) is 5.91. The van der Waals surface area contributed by atoms with Crippen molar-refractivity contribution in [1.82, 2.24) is 14.1 Å². The van der Waals surface area contributed by atoms with Crippen LogP contribution in [0.15, 0.2) is 35.7 Å². The number of carbonyl (C=O) groups excluding carboxylic acids is 2. The molecule has 1 unspecified atom stereocenters. The largest absolute Gasteiger partial charge is 0.335 e. The third-order valence-electron chi connectivity index (χ3n) is 4.29. The minimum atomic E-state index is -3.65. The Morgan fingerprint density at radius 2 is 1.83 bits per heavy atom. The van der Waals surface area contributed by atoms with Crippen molar-refractivity contribution in [3.8, 4) is 0 Å². The first-order valence-electron chi connectivity index (χ1n) is 7.66. The molecule has 3 rings (SSSR count). The van der Waals surface area contributed by atoms with Crippen LogP contribution in [0.3, 0.4) is 0 Å². The van der Waals surface area contributed by atoms with E-state index in [0.717, 1.165) is 11.0 Å². The van der Waals surface area contributed by atoms with Crippen molar-refractivity contribution < 1.29 is 18.0 Å². The monoisotopic (exact) mass is 349 g/mol. The average Bonchev–Trinajstić information content (AvgIpc) is 2.58. The number of carbonyl (C=O) groups is 2. The molecule has 0 spiro atoms. The predicted octanol–water partition coefficient (Wildman–Crippen LogP) is -0.0281. The second kappa shape index (κ2) is 6.37. The second-order valence-corrected chi connectivity index (χ2v) is 7.73. The van der Waals surface area contributed by atoms with Gasteiger partial charge in [0.2, 0.25) is 21.8 Å². The molecule has 2 aliphatic heterocycles. The van der Waals surface area contributed by atoms with Gasteiger partial charge in [0.15, 0.2) is 0 Å². The van der Waals surface area contributed by atoms with E-state index in [1.165, 1.54) is 20.2 Å². The molecule has 128 valence electrons. The van der Waals surface area contributed by atoms with Crippen LogP contribution in [0.25, 0.3) is 6.08 Å². The molecular formula is C16H19N3O4S. The maximum atomic E-state index is 12.5. The molecule has 2 heterocycles. The summed E-state index contributed by atoms with van der Waals surface area (Å²) in [6, 6.07) is 8.39. The van der Waals surface area contributed by atoms with Crippen molar-refractivity contribution in [1.29, 1.82) is 0 Å². The van der Waals surface area contributed by atoms with E-state index in [1.54, 1.807) is 7.05 Å². The van der Waals surface area contributed by atoms with Crippen molar-refractivity contribution in [3.63, 3.8) is 0 Å². The van der Waals surface area contributed by atoms with Crippen molar-refractivity contribution in [2.45, 2.75) is 6.04 Å². The van der Waals surface area contributed by atoms with Gasteiger partial charge < -0.3 is 9.80 Å². The van der Waals surface area contributed by atoms with Crippen LogP contribution in [0.1, 0.15) is 5.56 Å². The first-order chi connectivity index (χ1) is 11.4. The Bertz CT molecular complexity index is 776. The lowest BCUT2D eigenvalue weighted by Crippen LogP contribution is -2.66. The zero-order valence-electron chi connectivity index (χ0n) is 13.3. The molecule has 0 bridgehead atoms. The van der Waals surface area contributed by atoms with Crippen molar-refractivity contribution in [2.75, 3.05) is 33.2 Å². The fraction of sp³-hybridized carbons (Fsp3) is 0.375. The quantitative estimate of drug-likeness (QED) is 0.768. The Labute approximate surface area is 141 Å². The topological polar surface area (TPSA) is 78.0 Å².